The number of anilines is 1. The third kappa shape index (κ3) is 2.96. The molecule has 0 radical (unpaired) electrons. The van der Waals surface area contributed by atoms with Gasteiger partial charge in [0.1, 0.15) is 5.76 Å². The Morgan fingerprint density at radius 3 is 2.63 bits per heavy atom. The maximum atomic E-state index is 11.4. The second kappa shape index (κ2) is 5.61. The van der Waals surface area contributed by atoms with E-state index in [0.29, 0.717) is 12.1 Å². The number of ether oxygens (including phenoxy) is 1. The van der Waals surface area contributed by atoms with E-state index >= 15 is 0 Å². The fourth-order valence-corrected chi connectivity index (χ4v) is 1.87. The number of esters is 1. The van der Waals surface area contributed by atoms with Gasteiger partial charge < -0.3 is 14.5 Å². The summed E-state index contributed by atoms with van der Waals surface area (Å²) < 4.78 is 10.1. The molecule has 2 aromatic rings. The number of carbonyl (C=O) groups is 1. The Morgan fingerprint density at radius 1 is 1.26 bits per heavy atom. The third-order valence-electron chi connectivity index (χ3n) is 3.06. The summed E-state index contributed by atoms with van der Waals surface area (Å²) >= 11 is 0. The van der Waals surface area contributed by atoms with Crippen LogP contribution in [0, 0.1) is 13.8 Å². The van der Waals surface area contributed by atoms with Crippen molar-refractivity contribution in [2.45, 2.75) is 20.4 Å². The molecule has 0 bridgehead atoms. The van der Waals surface area contributed by atoms with Gasteiger partial charge in [-0.05, 0) is 49.2 Å². The number of rotatable bonds is 4. The minimum absolute atomic E-state index is 0.323. The van der Waals surface area contributed by atoms with Gasteiger partial charge in [-0.15, -0.1) is 0 Å². The smallest absolute Gasteiger partial charge is 0.337 e. The van der Waals surface area contributed by atoms with E-state index in [2.05, 4.69) is 5.32 Å². The van der Waals surface area contributed by atoms with Crippen LogP contribution in [0.15, 0.2) is 34.9 Å². The number of hydrogen-bond acceptors (Lipinski definition) is 4. The molecular weight excluding hydrogens is 242 g/mol. The highest BCUT2D eigenvalue weighted by Gasteiger charge is 2.08. The van der Waals surface area contributed by atoms with Crippen molar-refractivity contribution in [2.75, 3.05) is 12.4 Å². The van der Waals surface area contributed by atoms with Crippen molar-refractivity contribution in [3.8, 4) is 0 Å². The number of hydrogen-bond donors (Lipinski definition) is 1. The van der Waals surface area contributed by atoms with E-state index in [0.717, 1.165) is 22.6 Å². The van der Waals surface area contributed by atoms with Crippen LogP contribution in [0.1, 0.15) is 27.2 Å². The van der Waals surface area contributed by atoms with Crippen molar-refractivity contribution in [1.29, 1.82) is 0 Å². The van der Waals surface area contributed by atoms with E-state index in [4.69, 9.17) is 9.15 Å². The van der Waals surface area contributed by atoms with Gasteiger partial charge in [0.15, 0.2) is 0 Å². The first-order chi connectivity index (χ1) is 9.11. The summed E-state index contributed by atoms with van der Waals surface area (Å²) in [6, 6.07) is 7.36. The average Bonchev–Trinajstić information content (AvgIpc) is 2.82. The summed E-state index contributed by atoms with van der Waals surface area (Å²) in [7, 11) is 1.38. The topological polar surface area (TPSA) is 51.5 Å². The molecule has 0 spiro atoms. The van der Waals surface area contributed by atoms with Crippen LogP contribution in [0.2, 0.25) is 0 Å². The van der Waals surface area contributed by atoms with Crippen LogP contribution in [-0.4, -0.2) is 13.1 Å². The number of benzene rings is 1. The molecule has 0 amide bonds. The Kier molecular flexibility index (Phi) is 3.90. The first kappa shape index (κ1) is 13.2. The Morgan fingerprint density at radius 2 is 2.05 bits per heavy atom. The SMILES string of the molecule is COC(=O)c1ccc(NCc2occc2C)c(C)c1. The van der Waals surface area contributed by atoms with E-state index in [-0.39, 0.29) is 5.97 Å². The van der Waals surface area contributed by atoms with Crippen LogP contribution in [0.5, 0.6) is 0 Å². The quantitative estimate of drug-likeness (QED) is 0.856. The number of methoxy groups -OCH3 is 1. The Balaban J connectivity index is 2.09. The summed E-state index contributed by atoms with van der Waals surface area (Å²) in [5.41, 5.74) is 3.65. The Hall–Kier alpha value is -2.23. The molecule has 0 atom stereocenters. The first-order valence-electron chi connectivity index (χ1n) is 6.07. The van der Waals surface area contributed by atoms with Gasteiger partial charge in [0, 0.05) is 5.69 Å². The molecule has 4 heteroatoms. The molecule has 1 aromatic carbocycles. The maximum Gasteiger partial charge on any atom is 0.337 e. The molecular formula is C15H17NO3. The molecule has 0 aliphatic carbocycles. The van der Waals surface area contributed by atoms with Gasteiger partial charge in [-0.1, -0.05) is 0 Å². The molecule has 19 heavy (non-hydrogen) atoms. The second-order valence-electron chi connectivity index (χ2n) is 4.40. The molecule has 1 N–H and O–H groups in total. The van der Waals surface area contributed by atoms with E-state index in [1.807, 2.05) is 32.0 Å². The van der Waals surface area contributed by atoms with Crippen molar-refractivity contribution in [2.24, 2.45) is 0 Å². The summed E-state index contributed by atoms with van der Waals surface area (Å²) in [6.45, 7) is 4.58. The molecule has 0 saturated carbocycles. The number of carbonyl (C=O) groups excluding carboxylic acids is 1. The summed E-state index contributed by atoms with van der Waals surface area (Å²) in [5, 5.41) is 3.29. The highest BCUT2D eigenvalue weighted by atomic mass is 16.5. The van der Waals surface area contributed by atoms with Crippen molar-refractivity contribution < 1.29 is 13.9 Å². The van der Waals surface area contributed by atoms with Crippen LogP contribution in [0.3, 0.4) is 0 Å². The first-order valence-corrected chi connectivity index (χ1v) is 6.07. The average molecular weight is 259 g/mol. The van der Waals surface area contributed by atoms with Crippen LogP contribution in [0.25, 0.3) is 0 Å². The number of aryl methyl sites for hydroxylation is 2. The minimum Gasteiger partial charge on any atom is -0.467 e. The Bertz CT molecular complexity index is 587. The lowest BCUT2D eigenvalue weighted by molar-refractivity contribution is 0.0600. The molecule has 0 fully saturated rings. The molecule has 1 aromatic heterocycles. The zero-order chi connectivity index (χ0) is 13.8. The van der Waals surface area contributed by atoms with Crippen molar-refractivity contribution in [1.82, 2.24) is 0 Å². The maximum absolute atomic E-state index is 11.4. The summed E-state index contributed by atoms with van der Waals surface area (Å²) in [5.74, 6) is 0.591. The molecule has 100 valence electrons. The van der Waals surface area contributed by atoms with Crippen LogP contribution >= 0.6 is 0 Å². The predicted molar refractivity (Wildman–Crippen MR) is 73.3 cm³/mol. The molecule has 0 aliphatic rings. The van der Waals surface area contributed by atoms with Crippen LogP contribution in [-0.2, 0) is 11.3 Å². The zero-order valence-electron chi connectivity index (χ0n) is 11.3. The largest absolute Gasteiger partial charge is 0.467 e. The predicted octanol–water partition coefficient (Wildman–Crippen LogP) is 3.30. The zero-order valence-corrected chi connectivity index (χ0v) is 11.3. The highest BCUT2D eigenvalue weighted by molar-refractivity contribution is 5.90. The van der Waals surface area contributed by atoms with Crippen LogP contribution in [0.4, 0.5) is 5.69 Å². The van der Waals surface area contributed by atoms with Gasteiger partial charge in [0.05, 0.1) is 25.5 Å². The third-order valence-corrected chi connectivity index (χ3v) is 3.06. The number of nitrogens with one attached hydrogen (secondary N) is 1. The minimum atomic E-state index is -0.323. The van der Waals surface area contributed by atoms with Gasteiger partial charge in [-0.2, -0.15) is 0 Å². The van der Waals surface area contributed by atoms with Gasteiger partial charge in [-0.3, -0.25) is 0 Å². The van der Waals surface area contributed by atoms with Crippen LogP contribution < -0.4 is 5.32 Å². The van der Waals surface area contributed by atoms with Gasteiger partial charge >= 0.3 is 5.97 Å². The van der Waals surface area contributed by atoms with Crippen molar-refractivity contribution in [3.63, 3.8) is 0 Å². The van der Waals surface area contributed by atoms with E-state index in [9.17, 15) is 4.79 Å². The van der Waals surface area contributed by atoms with Crippen molar-refractivity contribution in [3.05, 3.63) is 53.0 Å². The normalized spacial score (nSPS) is 10.3. The highest BCUT2D eigenvalue weighted by Crippen LogP contribution is 2.19. The molecule has 4 nitrogen and oxygen atoms in total. The molecule has 0 unspecified atom stereocenters. The monoisotopic (exact) mass is 259 g/mol. The van der Waals surface area contributed by atoms with Gasteiger partial charge in [0.2, 0.25) is 0 Å². The lowest BCUT2D eigenvalue weighted by Gasteiger charge is -2.10. The molecule has 0 aliphatic heterocycles. The standard InChI is InChI=1S/C15H17NO3/c1-10-6-7-19-14(10)9-16-13-5-4-12(8-11(13)2)15(17)18-3/h4-8,16H,9H2,1-3H3. The fraction of sp³-hybridized carbons (Fsp3) is 0.267. The molecule has 1 heterocycles. The molecule has 2 rings (SSSR count). The van der Waals surface area contributed by atoms with Crippen molar-refractivity contribution >= 4 is 11.7 Å². The Labute approximate surface area is 112 Å². The summed E-state index contributed by atoms with van der Waals surface area (Å²) in [4.78, 5) is 11.4. The lowest BCUT2D eigenvalue weighted by atomic mass is 10.1. The van der Waals surface area contributed by atoms with Gasteiger partial charge in [-0.25, -0.2) is 4.79 Å². The number of furan rings is 1. The summed E-state index contributed by atoms with van der Waals surface area (Å²) in [6.07, 6.45) is 1.68. The lowest BCUT2D eigenvalue weighted by Crippen LogP contribution is -2.04. The fourth-order valence-electron chi connectivity index (χ4n) is 1.87. The second-order valence-corrected chi connectivity index (χ2v) is 4.40. The molecule has 0 saturated heterocycles. The van der Waals surface area contributed by atoms with E-state index < -0.39 is 0 Å². The van der Waals surface area contributed by atoms with E-state index in [1.165, 1.54) is 7.11 Å². The van der Waals surface area contributed by atoms with Gasteiger partial charge in [0.25, 0.3) is 0 Å². The van der Waals surface area contributed by atoms with E-state index in [1.54, 1.807) is 12.3 Å².